The van der Waals surface area contributed by atoms with Crippen molar-refractivity contribution in [2.45, 2.75) is 20.3 Å². The average Bonchev–Trinajstić information content (AvgIpc) is 2.25. The molecular weight excluding hydrogens is 235 g/mol. The topological polar surface area (TPSA) is 84.7 Å². The summed E-state index contributed by atoms with van der Waals surface area (Å²) in [7, 11) is 0. The highest BCUT2D eigenvalue weighted by atomic mass is 19.1. The first-order valence-corrected chi connectivity index (χ1v) is 5.63. The molecule has 0 radical (unpaired) electrons. The van der Waals surface area contributed by atoms with Crippen molar-refractivity contribution in [3.8, 4) is 0 Å². The minimum Gasteiger partial charge on any atom is -0.370 e. The molecule has 5 nitrogen and oxygen atoms in total. The lowest BCUT2D eigenvalue weighted by Crippen LogP contribution is -2.33. The first-order chi connectivity index (χ1) is 8.45. The highest BCUT2D eigenvalue weighted by molar-refractivity contribution is 5.99. The smallest absolute Gasteiger partial charge is 0.351 e. The van der Waals surface area contributed by atoms with Gasteiger partial charge in [-0.25, -0.2) is 9.18 Å². The van der Waals surface area contributed by atoms with Crippen LogP contribution in [0.4, 0.5) is 14.9 Å². The molecule has 0 aliphatic rings. The first kappa shape index (κ1) is 14.0. The highest BCUT2D eigenvalue weighted by Gasteiger charge is 2.18. The normalized spacial score (nSPS) is 9.94. The molecule has 18 heavy (non-hydrogen) atoms. The van der Waals surface area contributed by atoms with E-state index in [0.29, 0.717) is 13.0 Å². The summed E-state index contributed by atoms with van der Waals surface area (Å²) in [4.78, 5) is 16.4. The number of halogens is 1. The Balaban J connectivity index is 3.11. The molecule has 4 N–H and O–H groups in total. The van der Waals surface area contributed by atoms with Crippen LogP contribution in [0.25, 0.3) is 0 Å². The predicted octanol–water partition coefficient (Wildman–Crippen LogP) is 1.74. The summed E-state index contributed by atoms with van der Waals surface area (Å²) < 4.78 is 13.8. The lowest BCUT2D eigenvalue weighted by Gasteiger charge is -2.20. The standard InChI is InChI=1S/C12H17FN4O/c1-3-6-17(12(18)16-11(14)15)10-5-4-8(2)7-9(10)13/h4-5,7H,3,6H2,1-2H3,(H4,14,15,16,18). The van der Waals surface area contributed by atoms with Crippen LogP contribution in [-0.2, 0) is 0 Å². The van der Waals surface area contributed by atoms with E-state index in [1.54, 1.807) is 19.1 Å². The van der Waals surface area contributed by atoms with Crippen molar-refractivity contribution < 1.29 is 9.18 Å². The summed E-state index contributed by atoms with van der Waals surface area (Å²) >= 11 is 0. The van der Waals surface area contributed by atoms with E-state index < -0.39 is 11.8 Å². The fourth-order valence-corrected chi connectivity index (χ4v) is 1.54. The van der Waals surface area contributed by atoms with Gasteiger partial charge in [-0.1, -0.05) is 13.0 Å². The fraction of sp³-hybridized carbons (Fsp3) is 0.333. The lowest BCUT2D eigenvalue weighted by atomic mass is 10.2. The molecule has 0 bridgehead atoms. The lowest BCUT2D eigenvalue weighted by molar-refractivity contribution is 0.254. The van der Waals surface area contributed by atoms with Crippen molar-refractivity contribution in [1.29, 1.82) is 0 Å². The summed E-state index contributed by atoms with van der Waals surface area (Å²) in [5.41, 5.74) is 11.3. The van der Waals surface area contributed by atoms with Crippen LogP contribution >= 0.6 is 0 Å². The number of carbonyl (C=O) groups excluding carboxylic acids is 1. The maximum Gasteiger partial charge on any atom is 0.351 e. The van der Waals surface area contributed by atoms with Gasteiger partial charge in [-0.2, -0.15) is 4.99 Å². The van der Waals surface area contributed by atoms with Crippen molar-refractivity contribution in [2.24, 2.45) is 16.5 Å². The monoisotopic (exact) mass is 252 g/mol. The quantitative estimate of drug-likeness (QED) is 0.634. The molecule has 0 spiro atoms. The zero-order chi connectivity index (χ0) is 13.7. The van der Waals surface area contributed by atoms with Crippen LogP contribution in [0.15, 0.2) is 23.2 Å². The van der Waals surface area contributed by atoms with Crippen LogP contribution in [0.1, 0.15) is 18.9 Å². The molecule has 0 unspecified atom stereocenters. The second-order valence-corrected chi connectivity index (χ2v) is 3.93. The van der Waals surface area contributed by atoms with Crippen LogP contribution in [0.3, 0.4) is 0 Å². The largest absolute Gasteiger partial charge is 0.370 e. The summed E-state index contributed by atoms with van der Waals surface area (Å²) in [6, 6.07) is 3.96. The summed E-state index contributed by atoms with van der Waals surface area (Å²) in [6.45, 7) is 3.99. The van der Waals surface area contributed by atoms with Gasteiger partial charge in [0.2, 0.25) is 0 Å². The van der Waals surface area contributed by atoms with E-state index in [-0.39, 0.29) is 11.6 Å². The fourth-order valence-electron chi connectivity index (χ4n) is 1.54. The number of anilines is 1. The SMILES string of the molecule is CCCN(C(=O)N=C(N)N)c1ccc(C)cc1F. The van der Waals surface area contributed by atoms with E-state index in [1.807, 2.05) is 6.92 Å². The maximum absolute atomic E-state index is 13.8. The maximum atomic E-state index is 13.8. The van der Waals surface area contributed by atoms with Gasteiger partial charge >= 0.3 is 6.03 Å². The number of carbonyl (C=O) groups is 1. The van der Waals surface area contributed by atoms with Crippen LogP contribution in [0.5, 0.6) is 0 Å². The van der Waals surface area contributed by atoms with Gasteiger partial charge in [0.1, 0.15) is 5.82 Å². The zero-order valence-corrected chi connectivity index (χ0v) is 10.5. The van der Waals surface area contributed by atoms with E-state index in [4.69, 9.17) is 11.5 Å². The molecular formula is C12H17FN4O. The summed E-state index contributed by atoms with van der Waals surface area (Å²) in [6.07, 6.45) is 0.666. The van der Waals surface area contributed by atoms with Gasteiger partial charge in [-0.05, 0) is 31.0 Å². The van der Waals surface area contributed by atoms with Crippen molar-refractivity contribution in [3.63, 3.8) is 0 Å². The number of amides is 2. The Kier molecular flexibility index (Phi) is 4.65. The number of nitrogens with zero attached hydrogens (tertiary/aromatic N) is 2. The molecule has 0 heterocycles. The molecule has 0 saturated carbocycles. The average molecular weight is 252 g/mol. The number of hydrogen-bond donors (Lipinski definition) is 2. The van der Waals surface area contributed by atoms with E-state index >= 15 is 0 Å². The van der Waals surface area contributed by atoms with Crippen molar-refractivity contribution in [3.05, 3.63) is 29.6 Å². The minimum absolute atomic E-state index is 0.178. The predicted molar refractivity (Wildman–Crippen MR) is 70.0 cm³/mol. The van der Waals surface area contributed by atoms with E-state index in [1.165, 1.54) is 11.0 Å². The van der Waals surface area contributed by atoms with Crippen LogP contribution in [0.2, 0.25) is 0 Å². The third kappa shape index (κ3) is 3.44. The molecule has 1 aromatic carbocycles. The Morgan fingerprint density at radius 2 is 2.11 bits per heavy atom. The van der Waals surface area contributed by atoms with Crippen molar-refractivity contribution >= 4 is 17.7 Å². The second kappa shape index (κ2) is 6.00. The van der Waals surface area contributed by atoms with Crippen molar-refractivity contribution in [2.75, 3.05) is 11.4 Å². The Labute approximate surface area is 105 Å². The molecule has 0 aliphatic heterocycles. The summed E-state index contributed by atoms with van der Waals surface area (Å²) in [5, 5.41) is 0. The van der Waals surface area contributed by atoms with Gasteiger partial charge < -0.3 is 11.5 Å². The van der Waals surface area contributed by atoms with Crippen LogP contribution < -0.4 is 16.4 Å². The third-order valence-corrected chi connectivity index (χ3v) is 2.30. The van der Waals surface area contributed by atoms with Gasteiger partial charge in [-0.3, -0.25) is 4.90 Å². The van der Waals surface area contributed by atoms with E-state index in [2.05, 4.69) is 4.99 Å². The van der Waals surface area contributed by atoms with E-state index in [0.717, 1.165) is 5.56 Å². The highest BCUT2D eigenvalue weighted by Crippen LogP contribution is 2.21. The number of hydrogen-bond acceptors (Lipinski definition) is 1. The van der Waals surface area contributed by atoms with Gasteiger partial charge in [0.25, 0.3) is 0 Å². The number of guanidine groups is 1. The molecule has 0 atom stereocenters. The molecule has 0 aliphatic carbocycles. The molecule has 1 aromatic rings. The number of aliphatic imine (C=N–C) groups is 1. The zero-order valence-electron chi connectivity index (χ0n) is 10.5. The molecule has 0 aromatic heterocycles. The third-order valence-electron chi connectivity index (χ3n) is 2.30. The first-order valence-electron chi connectivity index (χ1n) is 5.63. The molecule has 0 fully saturated rings. The number of nitrogens with two attached hydrogens (primary N) is 2. The number of aryl methyl sites for hydroxylation is 1. The number of rotatable bonds is 3. The van der Waals surface area contributed by atoms with Crippen LogP contribution in [-0.4, -0.2) is 18.5 Å². The van der Waals surface area contributed by atoms with Gasteiger partial charge in [0, 0.05) is 6.54 Å². The molecule has 98 valence electrons. The Bertz CT molecular complexity index is 469. The number of urea groups is 1. The molecule has 0 saturated heterocycles. The Morgan fingerprint density at radius 3 is 2.61 bits per heavy atom. The molecule has 6 heteroatoms. The van der Waals surface area contributed by atoms with E-state index in [9.17, 15) is 9.18 Å². The Morgan fingerprint density at radius 1 is 1.44 bits per heavy atom. The Hall–Kier alpha value is -2.11. The summed E-state index contributed by atoms with van der Waals surface area (Å²) in [5.74, 6) is -0.809. The number of benzene rings is 1. The van der Waals surface area contributed by atoms with Gasteiger partial charge in [0.05, 0.1) is 5.69 Å². The molecule has 2 amide bonds. The molecule has 1 rings (SSSR count). The van der Waals surface area contributed by atoms with Crippen LogP contribution in [0, 0.1) is 12.7 Å². The minimum atomic E-state index is -0.667. The van der Waals surface area contributed by atoms with Gasteiger partial charge in [0.15, 0.2) is 5.96 Å². The van der Waals surface area contributed by atoms with Crippen molar-refractivity contribution in [1.82, 2.24) is 0 Å². The second-order valence-electron chi connectivity index (χ2n) is 3.93. The van der Waals surface area contributed by atoms with Gasteiger partial charge in [-0.15, -0.1) is 0 Å².